The summed E-state index contributed by atoms with van der Waals surface area (Å²) < 4.78 is 0. The summed E-state index contributed by atoms with van der Waals surface area (Å²) >= 11 is 0. The highest BCUT2D eigenvalue weighted by molar-refractivity contribution is 5.32. The second kappa shape index (κ2) is 9.11. The number of aliphatic hydroxyl groups is 2. The molecule has 2 saturated heterocycles. The lowest BCUT2D eigenvalue weighted by molar-refractivity contribution is 0.167. The van der Waals surface area contributed by atoms with E-state index >= 15 is 0 Å². The maximum absolute atomic E-state index is 9.80. The number of rotatable bonds is 3. The molecule has 0 saturated carbocycles. The third-order valence-electron chi connectivity index (χ3n) is 4.82. The summed E-state index contributed by atoms with van der Waals surface area (Å²) in [6.07, 6.45) is 1.55. The van der Waals surface area contributed by atoms with Gasteiger partial charge in [0, 0.05) is 19.6 Å². The smallest absolute Gasteiger partial charge is 0.0679 e. The fourth-order valence-electron chi connectivity index (χ4n) is 3.53. The number of benzene rings is 2. The first-order chi connectivity index (χ1) is 12.2. The number of likely N-dealkylation sites (tertiary alicyclic amines) is 1. The molecule has 3 N–H and O–H groups in total. The summed E-state index contributed by atoms with van der Waals surface area (Å²) in [6, 6.07) is 21.3. The lowest BCUT2D eigenvalue weighted by atomic mass is 9.97. The number of hydrogen-bond acceptors (Lipinski definition) is 4. The van der Waals surface area contributed by atoms with E-state index in [1.807, 2.05) is 12.1 Å². The molecular formula is C21H28N2O2. The summed E-state index contributed by atoms with van der Waals surface area (Å²) in [5, 5.41) is 21.5. The summed E-state index contributed by atoms with van der Waals surface area (Å²) in [5.74, 6) is 0. The van der Waals surface area contributed by atoms with Crippen molar-refractivity contribution in [1.29, 1.82) is 0 Å². The molecule has 2 atom stereocenters. The van der Waals surface area contributed by atoms with Gasteiger partial charge < -0.3 is 15.5 Å². The first kappa shape index (κ1) is 18.1. The number of nitrogens with one attached hydrogen (secondary N) is 1. The van der Waals surface area contributed by atoms with Crippen molar-refractivity contribution in [3.63, 3.8) is 0 Å². The molecule has 2 aliphatic heterocycles. The normalized spacial score (nSPS) is 23.5. The molecule has 4 heteroatoms. The van der Waals surface area contributed by atoms with Crippen molar-refractivity contribution in [2.45, 2.75) is 31.1 Å². The first-order valence-corrected chi connectivity index (χ1v) is 9.15. The Kier molecular flexibility index (Phi) is 6.59. The molecule has 25 heavy (non-hydrogen) atoms. The van der Waals surface area contributed by atoms with Crippen molar-refractivity contribution in [2.24, 2.45) is 0 Å². The Bertz CT molecular complexity index is 575. The van der Waals surface area contributed by atoms with Crippen molar-refractivity contribution in [3.05, 3.63) is 71.8 Å². The minimum Gasteiger partial charge on any atom is -0.392 e. The van der Waals surface area contributed by atoms with Crippen LogP contribution < -0.4 is 5.32 Å². The van der Waals surface area contributed by atoms with Crippen LogP contribution in [0.2, 0.25) is 0 Å². The second-order valence-corrected chi connectivity index (χ2v) is 6.81. The molecule has 0 aromatic heterocycles. The van der Waals surface area contributed by atoms with Gasteiger partial charge in [-0.25, -0.2) is 0 Å². The zero-order chi connectivity index (χ0) is 17.5. The van der Waals surface area contributed by atoms with E-state index in [-0.39, 0.29) is 18.2 Å². The molecule has 4 rings (SSSR count). The SMILES string of the molecule is O[C@H]1CCN(C(c2ccccc2)c2ccccc2)C1.O[C@H]1CCNC1. The quantitative estimate of drug-likeness (QED) is 0.802. The summed E-state index contributed by atoms with van der Waals surface area (Å²) in [6.45, 7) is 3.49. The Morgan fingerprint density at radius 2 is 1.44 bits per heavy atom. The van der Waals surface area contributed by atoms with Crippen molar-refractivity contribution < 1.29 is 10.2 Å². The van der Waals surface area contributed by atoms with Gasteiger partial charge in [-0.1, -0.05) is 60.7 Å². The second-order valence-electron chi connectivity index (χ2n) is 6.81. The Balaban J connectivity index is 0.000000258. The number of hydrogen-bond donors (Lipinski definition) is 3. The topological polar surface area (TPSA) is 55.7 Å². The van der Waals surface area contributed by atoms with Crippen molar-refractivity contribution in [2.75, 3.05) is 26.2 Å². The van der Waals surface area contributed by atoms with Crippen LogP contribution in [-0.4, -0.2) is 53.5 Å². The van der Waals surface area contributed by atoms with Crippen LogP contribution >= 0.6 is 0 Å². The molecule has 0 aliphatic carbocycles. The van der Waals surface area contributed by atoms with E-state index in [4.69, 9.17) is 5.11 Å². The molecule has 2 aromatic rings. The van der Waals surface area contributed by atoms with Crippen LogP contribution in [0, 0.1) is 0 Å². The average molecular weight is 340 g/mol. The molecule has 2 aliphatic rings. The highest BCUT2D eigenvalue weighted by atomic mass is 16.3. The molecule has 2 heterocycles. The van der Waals surface area contributed by atoms with Gasteiger partial charge >= 0.3 is 0 Å². The number of β-amino-alcohol motifs (C(OH)–C–C–N with tert-alkyl or cyclic N) is 2. The molecule has 0 bridgehead atoms. The van der Waals surface area contributed by atoms with E-state index in [1.54, 1.807) is 0 Å². The minimum atomic E-state index is -0.185. The lowest BCUT2D eigenvalue weighted by Gasteiger charge is -2.28. The predicted molar refractivity (Wildman–Crippen MR) is 100 cm³/mol. The van der Waals surface area contributed by atoms with Gasteiger partial charge in [-0.3, -0.25) is 4.90 Å². The average Bonchev–Trinajstić information content (AvgIpc) is 3.29. The van der Waals surface area contributed by atoms with Crippen LogP contribution in [0.4, 0.5) is 0 Å². The van der Waals surface area contributed by atoms with Gasteiger partial charge in [0.2, 0.25) is 0 Å². The largest absolute Gasteiger partial charge is 0.392 e. The van der Waals surface area contributed by atoms with Crippen LogP contribution in [0.15, 0.2) is 60.7 Å². The predicted octanol–water partition coefficient (Wildman–Crippen LogP) is 2.18. The maximum atomic E-state index is 9.80. The van der Waals surface area contributed by atoms with Crippen LogP contribution in [0.3, 0.4) is 0 Å². The highest BCUT2D eigenvalue weighted by Crippen LogP contribution is 2.31. The summed E-state index contributed by atoms with van der Waals surface area (Å²) in [5.41, 5.74) is 2.59. The van der Waals surface area contributed by atoms with E-state index in [1.165, 1.54) is 11.1 Å². The molecular weight excluding hydrogens is 312 g/mol. The molecule has 4 nitrogen and oxygen atoms in total. The molecule has 134 valence electrons. The maximum Gasteiger partial charge on any atom is 0.0679 e. The first-order valence-electron chi connectivity index (χ1n) is 9.15. The third-order valence-corrected chi connectivity index (χ3v) is 4.82. The van der Waals surface area contributed by atoms with Gasteiger partial charge in [-0.15, -0.1) is 0 Å². The molecule has 0 spiro atoms. The van der Waals surface area contributed by atoms with Gasteiger partial charge in [0.25, 0.3) is 0 Å². The number of nitrogens with zero attached hydrogens (tertiary/aromatic N) is 1. The van der Waals surface area contributed by atoms with Gasteiger partial charge in [0.05, 0.1) is 18.2 Å². The van der Waals surface area contributed by atoms with Gasteiger partial charge in [0.1, 0.15) is 0 Å². The third kappa shape index (κ3) is 5.13. The Morgan fingerprint density at radius 1 is 0.840 bits per heavy atom. The minimum absolute atomic E-state index is 0.0648. The van der Waals surface area contributed by atoms with Gasteiger partial charge in [-0.2, -0.15) is 0 Å². The fraction of sp³-hybridized carbons (Fsp3) is 0.429. The zero-order valence-electron chi connectivity index (χ0n) is 14.6. The van der Waals surface area contributed by atoms with E-state index in [0.29, 0.717) is 0 Å². The zero-order valence-corrected chi connectivity index (χ0v) is 14.6. The van der Waals surface area contributed by atoms with E-state index < -0.39 is 0 Å². The Morgan fingerprint density at radius 3 is 1.80 bits per heavy atom. The fourth-order valence-corrected chi connectivity index (χ4v) is 3.53. The molecule has 2 aromatic carbocycles. The van der Waals surface area contributed by atoms with Crippen LogP contribution in [0.1, 0.15) is 30.0 Å². The summed E-state index contributed by atoms with van der Waals surface area (Å²) in [7, 11) is 0. The lowest BCUT2D eigenvalue weighted by Crippen LogP contribution is -2.28. The Labute approximate surface area is 150 Å². The Hall–Kier alpha value is -1.72. The molecule has 2 fully saturated rings. The number of aliphatic hydroxyl groups excluding tert-OH is 2. The molecule has 0 radical (unpaired) electrons. The monoisotopic (exact) mass is 340 g/mol. The van der Waals surface area contributed by atoms with Crippen molar-refractivity contribution in [3.8, 4) is 0 Å². The van der Waals surface area contributed by atoms with Crippen molar-refractivity contribution >= 4 is 0 Å². The summed E-state index contributed by atoms with van der Waals surface area (Å²) in [4.78, 5) is 2.37. The van der Waals surface area contributed by atoms with E-state index in [9.17, 15) is 5.11 Å². The van der Waals surface area contributed by atoms with Crippen molar-refractivity contribution in [1.82, 2.24) is 10.2 Å². The highest BCUT2D eigenvalue weighted by Gasteiger charge is 2.28. The van der Waals surface area contributed by atoms with E-state index in [0.717, 1.165) is 39.0 Å². The van der Waals surface area contributed by atoms with Gasteiger partial charge in [-0.05, 0) is 30.5 Å². The van der Waals surface area contributed by atoms with Gasteiger partial charge in [0.15, 0.2) is 0 Å². The van der Waals surface area contributed by atoms with Crippen LogP contribution in [-0.2, 0) is 0 Å². The standard InChI is InChI=1S/C17H19NO.C4H9NO/c19-16-11-12-18(13-16)17(14-7-3-1-4-8-14)15-9-5-2-6-10-15;6-4-1-2-5-3-4/h1-10,16-17,19H,11-13H2;4-6H,1-3H2/t16-;4-/m00/s1. The molecule has 0 amide bonds. The molecule has 0 unspecified atom stereocenters. The van der Waals surface area contributed by atoms with Crippen LogP contribution in [0.25, 0.3) is 0 Å². The van der Waals surface area contributed by atoms with Crippen LogP contribution in [0.5, 0.6) is 0 Å². The van der Waals surface area contributed by atoms with E-state index in [2.05, 4.69) is 58.7 Å².